The molecule has 0 aromatic carbocycles. The van der Waals surface area contributed by atoms with E-state index in [9.17, 15) is 13.2 Å². The van der Waals surface area contributed by atoms with Gasteiger partial charge in [-0.25, -0.2) is 9.97 Å². The summed E-state index contributed by atoms with van der Waals surface area (Å²) < 4.78 is 37.2. The highest BCUT2D eigenvalue weighted by atomic mass is 19.4. The van der Waals surface area contributed by atoms with E-state index in [1.807, 2.05) is 0 Å². The minimum atomic E-state index is -4.47. The Morgan fingerprint density at radius 3 is 2.61 bits per heavy atom. The molecule has 18 heavy (non-hydrogen) atoms. The Labute approximate surface area is 101 Å². The predicted molar refractivity (Wildman–Crippen MR) is 58.6 cm³/mol. The van der Waals surface area contributed by atoms with Crippen LogP contribution < -0.4 is 5.32 Å². The first-order valence-electron chi connectivity index (χ1n) is 5.09. The van der Waals surface area contributed by atoms with Gasteiger partial charge in [0.05, 0.1) is 12.2 Å². The molecule has 0 saturated heterocycles. The molecule has 0 radical (unpaired) electrons. The molecule has 0 bridgehead atoms. The molecule has 2 heterocycles. The van der Waals surface area contributed by atoms with Gasteiger partial charge in [-0.05, 0) is 12.1 Å². The summed E-state index contributed by atoms with van der Waals surface area (Å²) in [7, 11) is 0. The van der Waals surface area contributed by atoms with Crippen molar-refractivity contribution in [3.05, 3.63) is 48.2 Å². The van der Waals surface area contributed by atoms with Crippen LogP contribution in [0.4, 0.5) is 19.0 Å². The molecule has 0 spiro atoms. The molecule has 1 N–H and O–H groups in total. The third kappa shape index (κ3) is 3.16. The fourth-order valence-electron chi connectivity index (χ4n) is 1.29. The monoisotopic (exact) mass is 254 g/mol. The summed E-state index contributed by atoms with van der Waals surface area (Å²) in [5.74, 6) is 0.114. The average molecular weight is 254 g/mol. The van der Waals surface area contributed by atoms with E-state index < -0.39 is 11.9 Å². The van der Waals surface area contributed by atoms with Crippen LogP contribution in [-0.4, -0.2) is 15.0 Å². The summed E-state index contributed by atoms with van der Waals surface area (Å²) >= 11 is 0. The molecule has 0 aliphatic heterocycles. The smallest absolute Gasteiger partial charge is 0.364 e. The van der Waals surface area contributed by atoms with Crippen molar-refractivity contribution in [1.29, 1.82) is 0 Å². The number of nitrogens with zero attached hydrogens (tertiary/aromatic N) is 3. The Hall–Kier alpha value is -2.18. The quantitative estimate of drug-likeness (QED) is 0.914. The second kappa shape index (κ2) is 4.99. The highest BCUT2D eigenvalue weighted by Crippen LogP contribution is 2.28. The van der Waals surface area contributed by atoms with Gasteiger partial charge in [-0.15, -0.1) is 0 Å². The van der Waals surface area contributed by atoms with E-state index in [2.05, 4.69) is 20.3 Å². The summed E-state index contributed by atoms with van der Waals surface area (Å²) in [4.78, 5) is 10.9. The van der Waals surface area contributed by atoms with Crippen LogP contribution in [0.5, 0.6) is 0 Å². The third-order valence-corrected chi connectivity index (χ3v) is 2.13. The number of hydrogen-bond acceptors (Lipinski definition) is 4. The molecule has 2 aromatic rings. The summed E-state index contributed by atoms with van der Waals surface area (Å²) in [5, 5.41) is 2.76. The molecular formula is C11H9F3N4. The van der Waals surface area contributed by atoms with Crippen LogP contribution in [0, 0.1) is 0 Å². The lowest BCUT2D eigenvalue weighted by atomic mass is 10.3. The van der Waals surface area contributed by atoms with Crippen molar-refractivity contribution in [2.45, 2.75) is 12.7 Å². The lowest BCUT2D eigenvalue weighted by molar-refractivity contribution is -0.141. The van der Waals surface area contributed by atoms with E-state index in [0.717, 1.165) is 12.4 Å². The molecule has 0 aliphatic carbocycles. The van der Waals surface area contributed by atoms with Gasteiger partial charge in [-0.1, -0.05) is 6.07 Å². The maximum absolute atomic E-state index is 12.4. The maximum Gasteiger partial charge on any atom is 0.433 e. The van der Waals surface area contributed by atoms with Gasteiger partial charge >= 0.3 is 6.18 Å². The lowest BCUT2D eigenvalue weighted by Crippen LogP contribution is -2.10. The van der Waals surface area contributed by atoms with Crippen LogP contribution in [0.15, 0.2) is 36.8 Å². The number of anilines is 1. The number of nitrogens with one attached hydrogen (secondary N) is 1. The van der Waals surface area contributed by atoms with Gasteiger partial charge in [-0.2, -0.15) is 13.2 Å². The van der Waals surface area contributed by atoms with Crippen molar-refractivity contribution < 1.29 is 13.2 Å². The van der Waals surface area contributed by atoms with Crippen molar-refractivity contribution in [2.75, 3.05) is 5.32 Å². The number of pyridine rings is 1. The molecule has 0 aliphatic rings. The van der Waals surface area contributed by atoms with Crippen molar-refractivity contribution >= 4 is 5.82 Å². The normalized spacial score (nSPS) is 11.3. The fraction of sp³-hybridized carbons (Fsp3) is 0.182. The van der Waals surface area contributed by atoms with Gasteiger partial charge in [0, 0.05) is 12.3 Å². The molecule has 4 nitrogen and oxygen atoms in total. The van der Waals surface area contributed by atoms with Crippen LogP contribution in [-0.2, 0) is 12.7 Å². The van der Waals surface area contributed by atoms with Gasteiger partial charge < -0.3 is 5.32 Å². The zero-order valence-electron chi connectivity index (χ0n) is 9.15. The molecule has 2 rings (SSSR count). The van der Waals surface area contributed by atoms with Crippen LogP contribution in [0.25, 0.3) is 0 Å². The first-order chi connectivity index (χ1) is 8.55. The van der Waals surface area contributed by atoms with E-state index in [1.54, 1.807) is 24.4 Å². The molecule has 2 aromatic heterocycles. The number of alkyl halides is 3. The minimum absolute atomic E-state index is 0.114. The van der Waals surface area contributed by atoms with Gasteiger partial charge in [0.25, 0.3) is 0 Å². The summed E-state index contributed by atoms with van der Waals surface area (Å²) in [5.41, 5.74) is -0.259. The van der Waals surface area contributed by atoms with Crippen LogP contribution in [0.1, 0.15) is 11.4 Å². The highest BCUT2D eigenvalue weighted by molar-refractivity contribution is 5.36. The zero-order chi connectivity index (χ0) is 13.0. The van der Waals surface area contributed by atoms with E-state index in [4.69, 9.17) is 0 Å². The molecule has 94 valence electrons. The average Bonchev–Trinajstić information content (AvgIpc) is 2.37. The fourth-order valence-corrected chi connectivity index (χ4v) is 1.29. The SMILES string of the molecule is FC(F)(F)c1cc(NCc2ccccn2)ncn1. The first-order valence-corrected chi connectivity index (χ1v) is 5.09. The van der Waals surface area contributed by atoms with Crippen LogP contribution in [0.2, 0.25) is 0 Å². The van der Waals surface area contributed by atoms with Crippen molar-refractivity contribution in [1.82, 2.24) is 15.0 Å². The number of halogens is 3. The molecule has 0 unspecified atom stereocenters. The number of aromatic nitrogens is 3. The number of hydrogen-bond donors (Lipinski definition) is 1. The molecule has 0 saturated carbocycles. The van der Waals surface area contributed by atoms with Crippen molar-refractivity contribution in [3.63, 3.8) is 0 Å². The van der Waals surface area contributed by atoms with Gasteiger partial charge in [0.1, 0.15) is 17.8 Å². The Morgan fingerprint density at radius 2 is 1.94 bits per heavy atom. The second-order valence-corrected chi connectivity index (χ2v) is 3.46. The second-order valence-electron chi connectivity index (χ2n) is 3.46. The largest absolute Gasteiger partial charge is 0.433 e. The standard InChI is InChI=1S/C11H9F3N4/c12-11(13,14)9-5-10(18-7-17-9)16-6-8-3-1-2-4-15-8/h1-5,7H,6H2,(H,16,17,18). The van der Waals surface area contributed by atoms with E-state index in [0.29, 0.717) is 12.2 Å². The lowest BCUT2D eigenvalue weighted by Gasteiger charge is -2.08. The van der Waals surface area contributed by atoms with Gasteiger partial charge in [-0.3, -0.25) is 4.98 Å². The molecule has 0 atom stereocenters. The maximum atomic E-state index is 12.4. The van der Waals surface area contributed by atoms with E-state index in [1.165, 1.54) is 0 Å². The summed E-state index contributed by atoms with van der Waals surface area (Å²) in [6, 6.07) is 6.18. The van der Waals surface area contributed by atoms with Crippen LogP contribution in [0.3, 0.4) is 0 Å². The highest BCUT2D eigenvalue weighted by Gasteiger charge is 2.32. The minimum Gasteiger partial charge on any atom is -0.364 e. The Kier molecular flexibility index (Phi) is 3.40. The number of rotatable bonds is 3. The zero-order valence-corrected chi connectivity index (χ0v) is 9.15. The van der Waals surface area contributed by atoms with E-state index >= 15 is 0 Å². The Balaban J connectivity index is 2.06. The summed E-state index contributed by atoms with van der Waals surface area (Å²) in [6.45, 7) is 0.301. The van der Waals surface area contributed by atoms with Gasteiger partial charge in [0.2, 0.25) is 0 Å². The molecule has 7 heteroatoms. The first kappa shape index (κ1) is 12.3. The predicted octanol–water partition coefficient (Wildman–Crippen LogP) is 2.50. The molecular weight excluding hydrogens is 245 g/mol. The third-order valence-electron chi connectivity index (χ3n) is 2.13. The van der Waals surface area contributed by atoms with Gasteiger partial charge in [0.15, 0.2) is 0 Å². The molecule has 0 fully saturated rings. The Bertz CT molecular complexity index is 513. The van der Waals surface area contributed by atoms with Crippen LogP contribution >= 0.6 is 0 Å². The topological polar surface area (TPSA) is 50.7 Å². The Morgan fingerprint density at radius 1 is 1.11 bits per heavy atom. The van der Waals surface area contributed by atoms with E-state index in [-0.39, 0.29) is 5.82 Å². The van der Waals surface area contributed by atoms with Crippen molar-refractivity contribution in [3.8, 4) is 0 Å². The summed E-state index contributed by atoms with van der Waals surface area (Å²) in [6.07, 6.45) is -1.98. The van der Waals surface area contributed by atoms with Crippen molar-refractivity contribution in [2.24, 2.45) is 0 Å². The molecule has 0 amide bonds.